The van der Waals surface area contributed by atoms with Crippen LogP contribution < -0.4 is 0 Å². The largest absolute Gasteiger partial charge is 0.502 e. The van der Waals surface area contributed by atoms with Crippen LogP contribution in [0.25, 0.3) is 0 Å². The molecule has 0 N–H and O–H groups in total. The van der Waals surface area contributed by atoms with Gasteiger partial charge in [0.1, 0.15) is 7.85 Å². The van der Waals surface area contributed by atoms with Gasteiger partial charge in [-0.2, -0.15) is 0 Å². The molecule has 0 amide bonds. The second-order valence-corrected chi connectivity index (χ2v) is 2.82. The van der Waals surface area contributed by atoms with Crippen molar-refractivity contribution in [3.63, 3.8) is 0 Å². The van der Waals surface area contributed by atoms with Crippen molar-refractivity contribution in [1.29, 1.82) is 0 Å². The van der Waals surface area contributed by atoms with E-state index in [9.17, 15) is 0 Å². The van der Waals surface area contributed by atoms with Gasteiger partial charge in [-0.05, 0) is 26.8 Å². The molecule has 0 fully saturated rings. The molecule has 16 heavy (non-hydrogen) atoms. The minimum Gasteiger partial charge on any atom is -0.502 e. The van der Waals surface area contributed by atoms with Crippen LogP contribution in [-0.4, -0.2) is 27.7 Å². The van der Waals surface area contributed by atoms with Crippen molar-refractivity contribution in [1.82, 2.24) is 0 Å². The van der Waals surface area contributed by atoms with Gasteiger partial charge in [-0.15, -0.1) is 0 Å². The van der Waals surface area contributed by atoms with E-state index < -0.39 is 0 Å². The molecule has 0 aliphatic heterocycles. The first-order valence-corrected chi connectivity index (χ1v) is 5.43. The van der Waals surface area contributed by atoms with Crippen molar-refractivity contribution < 1.29 is 14.2 Å². The monoisotopic (exact) mass is 222 g/mol. The predicted molar refractivity (Wildman–Crippen MR) is 65.9 cm³/mol. The van der Waals surface area contributed by atoms with Crippen LogP contribution in [0.1, 0.15) is 20.8 Å². The molecule has 0 atom stereocenters. The Hall–Kier alpha value is -1.32. The SMILES string of the molecule is [B]/C(=C/OCC)C(C=COCC)=COCC. The third-order valence-electron chi connectivity index (χ3n) is 1.60. The maximum Gasteiger partial charge on any atom is 0.119 e. The van der Waals surface area contributed by atoms with Gasteiger partial charge in [0.25, 0.3) is 0 Å². The van der Waals surface area contributed by atoms with Gasteiger partial charge < -0.3 is 14.2 Å². The van der Waals surface area contributed by atoms with E-state index >= 15 is 0 Å². The Balaban J connectivity index is 4.53. The van der Waals surface area contributed by atoms with Crippen LogP contribution in [0.2, 0.25) is 0 Å². The van der Waals surface area contributed by atoms with E-state index in [0.717, 1.165) is 5.57 Å². The Morgan fingerprint density at radius 2 is 1.50 bits per heavy atom. The fourth-order valence-corrected chi connectivity index (χ4v) is 0.835. The molecule has 2 radical (unpaired) electrons. The second-order valence-electron chi connectivity index (χ2n) is 2.82. The second kappa shape index (κ2) is 10.2. The highest BCUT2D eigenvalue weighted by molar-refractivity contribution is 6.24. The molecule has 0 aromatic carbocycles. The van der Waals surface area contributed by atoms with Gasteiger partial charge in [-0.1, -0.05) is 5.47 Å². The summed E-state index contributed by atoms with van der Waals surface area (Å²) in [4.78, 5) is 0. The number of ether oxygens (including phenoxy) is 3. The lowest BCUT2D eigenvalue weighted by Crippen LogP contribution is -1.92. The van der Waals surface area contributed by atoms with Crippen molar-refractivity contribution in [2.45, 2.75) is 20.8 Å². The number of rotatable bonds is 8. The summed E-state index contributed by atoms with van der Waals surface area (Å²) in [6.07, 6.45) is 6.41. The van der Waals surface area contributed by atoms with Gasteiger partial charge in [0.15, 0.2) is 0 Å². The van der Waals surface area contributed by atoms with E-state index in [2.05, 4.69) is 0 Å². The summed E-state index contributed by atoms with van der Waals surface area (Å²) in [7, 11) is 5.81. The average Bonchev–Trinajstić information content (AvgIpc) is 2.30. The molecule has 0 saturated carbocycles. The molecular formula is C12H19BO3. The molecule has 0 spiro atoms. The first-order valence-electron chi connectivity index (χ1n) is 5.43. The Kier molecular flexibility index (Phi) is 9.37. The molecule has 3 nitrogen and oxygen atoms in total. The van der Waals surface area contributed by atoms with Gasteiger partial charge in [-0.3, -0.25) is 0 Å². The normalized spacial score (nSPS) is 12.9. The third-order valence-corrected chi connectivity index (χ3v) is 1.60. The van der Waals surface area contributed by atoms with Crippen molar-refractivity contribution in [2.24, 2.45) is 0 Å². The summed E-state index contributed by atoms with van der Waals surface area (Å²) in [5.41, 5.74) is 1.23. The lowest BCUT2D eigenvalue weighted by atomic mass is 9.90. The van der Waals surface area contributed by atoms with Crippen LogP contribution in [0.15, 0.2) is 35.9 Å². The van der Waals surface area contributed by atoms with Crippen LogP contribution in [-0.2, 0) is 14.2 Å². The summed E-state index contributed by atoms with van der Waals surface area (Å²) in [5.74, 6) is 0. The molecule has 0 saturated heterocycles. The molecule has 0 aromatic heterocycles. The highest BCUT2D eigenvalue weighted by atomic mass is 16.5. The fraction of sp³-hybridized carbons (Fsp3) is 0.500. The maximum absolute atomic E-state index is 5.81. The number of hydrogen-bond donors (Lipinski definition) is 0. The summed E-state index contributed by atoms with van der Waals surface area (Å²) >= 11 is 0. The minimum atomic E-state index is 0.506. The topological polar surface area (TPSA) is 27.7 Å². The molecule has 0 heterocycles. The predicted octanol–water partition coefficient (Wildman–Crippen LogP) is 2.50. The number of allylic oxidation sites excluding steroid dienone is 3. The van der Waals surface area contributed by atoms with E-state index in [-0.39, 0.29) is 0 Å². The molecule has 88 valence electrons. The number of hydrogen-bond acceptors (Lipinski definition) is 3. The molecule has 4 heteroatoms. The molecule has 0 aromatic rings. The lowest BCUT2D eigenvalue weighted by molar-refractivity contribution is 0.261. The first kappa shape index (κ1) is 14.7. The molecule has 0 bridgehead atoms. The van der Waals surface area contributed by atoms with Crippen molar-refractivity contribution in [3.05, 3.63) is 35.9 Å². The van der Waals surface area contributed by atoms with Crippen LogP contribution in [0, 0.1) is 0 Å². The Morgan fingerprint density at radius 1 is 0.938 bits per heavy atom. The summed E-state index contributed by atoms with van der Waals surface area (Å²) in [6, 6.07) is 0. The molecule has 0 aliphatic carbocycles. The molecule has 0 rings (SSSR count). The van der Waals surface area contributed by atoms with Gasteiger partial charge in [0.2, 0.25) is 0 Å². The highest BCUT2D eigenvalue weighted by Gasteiger charge is 1.96. The molecular weight excluding hydrogens is 203 g/mol. The Morgan fingerprint density at radius 3 is 2.06 bits per heavy atom. The summed E-state index contributed by atoms with van der Waals surface area (Å²) < 4.78 is 15.4. The zero-order chi connectivity index (χ0) is 12.2. The summed E-state index contributed by atoms with van der Waals surface area (Å²) in [6.45, 7) is 7.50. The van der Waals surface area contributed by atoms with E-state index in [1.807, 2.05) is 20.8 Å². The fourth-order valence-electron chi connectivity index (χ4n) is 0.835. The standard InChI is InChI=1S/C12H19BO3/c1-4-14-8-7-11(9-15-5-2)12(13)10-16-6-3/h7-10H,4-6H2,1-3H3/b8-7?,11-9?,12-10+. The van der Waals surface area contributed by atoms with Crippen molar-refractivity contribution in [2.75, 3.05) is 19.8 Å². The molecule has 0 aliphatic rings. The van der Waals surface area contributed by atoms with Crippen molar-refractivity contribution in [3.8, 4) is 0 Å². The van der Waals surface area contributed by atoms with Gasteiger partial charge in [0.05, 0.1) is 38.6 Å². The highest BCUT2D eigenvalue weighted by Crippen LogP contribution is 2.09. The lowest BCUT2D eigenvalue weighted by Gasteiger charge is -2.05. The van der Waals surface area contributed by atoms with Gasteiger partial charge in [0, 0.05) is 5.57 Å². The van der Waals surface area contributed by atoms with E-state index in [1.165, 1.54) is 6.26 Å². The maximum atomic E-state index is 5.81. The zero-order valence-electron chi connectivity index (χ0n) is 10.2. The van der Waals surface area contributed by atoms with Crippen LogP contribution in [0.4, 0.5) is 0 Å². The quantitative estimate of drug-likeness (QED) is 0.358. The van der Waals surface area contributed by atoms with Gasteiger partial charge >= 0.3 is 0 Å². The minimum absolute atomic E-state index is 0.506. The van der Waals surface area contributed by atoms with E-state index in [4.69, 9.17) is 22.1 Å². The zero-order valence-corrected chi connectivity index (χ0v) is 10.2. The van der Waals surface area contributed by atoms with Crippen LogP contribution >= 0.6 is 0 Å². The van der Waals surface area contributed by atoms with E-state index in [1.54, 1.807) is 18.6 Å². The Bertz CT molecular complexity index is 257. The smallest absolute Gasteiger partial charge is 0.119 e. The molecule has 0 unspecified atom stereocenters. The summed E-state index contributed by atoms with van der Waals surface area (Å²) in [5, 5.41) is 0. The average molecular weight is 222 g/mol. The van der Waals surface area contributed by atoms with E-state index in [0.29, 0.717) is 25.3 Å². The first-order chi connectivity index (χ1) is 7.76. The van der Waals surface area contributed by atoms with Gasteiger partial charge in [-0.25, -0.2) is 0 Å². The van der Waals surface area contributed by atoms with Crippen molar-refractivity contribution >= 4 is 7.85 Å². The van der Waals surface area contributed by atoms with Crippen LogP contribution in [0.3, 0.4) is 0 Å². The third kappa shape index (κ3) is 7.04. The van der Waals surface area contributed by atoms with Crippen LogP contribution in [0.5, 0.6) is 0 Å². The Labute approximate surface area is 99.2 Å².